The Hall–Kier alpha value is -0.330. The average molecular weight is 324 g/mol. The fraction of sp³-hybridized carbons (Fsp3) is 0.500. The van der Waals surface area contributed by atoms with Crippen LogP contribution in [0.1, 0.15) is 31.2 Å². The van der Waals surface area contributed by atoms with E-state index in [4.69, 9.17) is 23.2 Å². The van der Waals surface area contributed by atoms with Crippen LogP contribution < -0.4 is 4.72 Å². The van der Waals surface area contributed by atoms with Crippen molar-refractivity contribution in [3.8, 4) is 0 Å². The van der Waals surface area contributed by atoms with E-state index in [1.165, 1.54) is 12.1 Å². The van der Waals surface area contributed by atoms with Gasteiger partial charge in [-0.2, -0.15) is 0 Å². The van der Waals surface area contributed by atoms with Gasteiger partial charge in [-0.25, -0.2) is 13.1 Å². The SMILES string of the molecule is O=S(=O)(NC1CCCC1)c1ccc(Cl)c(CO)c1Cl. The van der Waals surface area contributed by atoms with Gasteiger partial charge < -0.3 is 5.11 Å². The van der Waals surface area contributed by atoms with Crippen molar-refractivity contribution in [1.82, 2.24) is 4.72 Å². The van der Waals surface area contributed by atoms with Gasteiger partial charge in [0.2, 0.25) is 10.0 Å². The van der Waals surface area contributed by atoms with Crippen LogP contribution in [0.25, 0.3) is 0 Å². The molecule has 1 aromatic carbocycles. The molecule has 1 saturated carbocycles. The summed E-state index contributed by atoms with van der Waals surface area (Å²) in [6.07, 6.45) is 3.75. The molecule has 0 atom stereocenters. The van der Waals surface area contributed by atoms with Gasteiger partial charge in [0.05, 0.1) is 11.6 Å². The van der Waals surface area contributed by atoms with E-state index in [1.807, 2.05) is 0 Å². The van der Waals surface area contributed by atoms with Gasteiger partial charge in [0.15, 0.2) is 0 Å². The molecule has 0 aromatic heterocycles. The van der Waals surface area contributed by atoms with E-state index in [0.717, 1.165) is 25.7 Å². The first-order chi connectivity index (χ1) is 8.95. The molecular weight excluding hydrogens is 309 g/mol. The zero-order valence-corrected chi connectivity index (χ0v) is 12.5. The highest BCUT2D eigenvalue weighted by Gasteiger charge is 2.26. The summed E-state index contributed by atoms with van der Waals surface area (Å²) in [4.78, 5) is -0.0329. The van der Waals surface area contributed by atoms with E-state index in [0.29, 0.717) is 0 Å². The van der Waals surface area contributed by atoms with E-state index >= 15 is 0 Å². The minimum atomic E-state index is -3.68. The highest BCUT2D eigenvalue weighted by atomic mass is 35.5. The second-order valence-corrected chi connectivity index (χ2v) is 7.07. The van der Waals surface area contributed by atoms with Crippen LogP contribution in [0.4, 0.5) is 0 Å². The summed E-state index contributed by atoms with van der Waals surface area (Å²) in [5, 5.41) is 9.43. The summed E-state index contributed by atoms with van der Waals surface area (Å²) < 4.78 is 27.2. The summed E-state index contributed by atoms with van der Waals surface area (Å²) in [6.45, 7) is -0.398. The number of hydrogen-bond acceptors (Lipinski definition) is 3. The maximum absolute atomic E-state index is 12.3. The lowest BCUT2D eigenvalue weighted by Gasteiger charge is -2.15. The van der Waals surface area contributed by atoms with Gasteiger partial charge in [-0.15, -0.1) is 0 Å². The Morgan fingerprint density at radius 3 is 2.47 bits per heavy atom. The van der Waals surface area contributed by atoms with Crippen molar-refractivity contribution in [1.29, 1.82) is 0 Å². The van der Waals surface area contributed by atoms with Crippen LogP contribution >= 0.6 is 23.2 Å². The monoisotopic (exact) mass is 323 g/mol. The summed E-state index contributed by atoms with van der Waals surface area (Å²) in [6, 6.07) is 2.76. The molecule has 106 valence electrons. The van der Waals surface area contributed by atoms with Crippen molar-refractivity contribution in [3.05, 3.63) is 27.7 Å². The molecule has 1 fully saturated rings. The van der Waals surface area contributed by atoms with E-state index in [-0.39, 0.29) is 26.5 Å². The first-order valence-corrected chi connectivity index (χ1v) is 8.29. The topological polar surface area (TPSA) is 66.4 Å². The predicted molar refractivity (Wildman–Crippen MR) is 75.0 cm³/mol. The number of aliphatic hydroxyl groups excluding tert-OH is 1. The Morgan fingerprint density at radius 2 is 1.89 bits per heavy atom. The number of aliphatic hydroxyl groups is 1. The van der Waals surface area contributed by atoms with Crippen LogP contribution in [0.3, 0.4) is 0 Å². The number of sulfonamides is 1. The largest absolute Gasteiger partial charge is 0.392 e. The van der Waals surface area contributed by atoms with Gasteiger partial charge in [0.25, 0.3) is 0 Å². The maximum Gasteiger partial charge on any atom is 0.242 e. The van der Waals surface area contributed by atoms with Crippen LogP contribution in [0.5, 0.6) is 0 Å². The zero-order chi connectivity index (χ0) is 14.0. The minimum Gasteiger partial charge on any atom is -0.392 e. The Kier molecular flexibility index (Phi) is 4.74. The molecule has 1 aliphatic carbocycles. The first-order valence-electron chi connectivity index (χ1n) is 6.06. The van der Waals surface area contributed by atoms with Gasteiger partial charge >= 0.3 is 0 Å². The summed E-state index contributed by atoms with van der Waals surface area (Å²) in [5.41, 5.74) is 0.234. The molecule has 1 aliphatic rings. The van der Waals surface area contributed by atoms with Gasteiger partial charge in [0.1, 0.15) is 4.90 Å². The Balaban J connectivity index is 2.34. The van der Waals surface area contributed by atoms with E-state index in [1.54, 1.807) is 0 Å². The lowest BCUT2D eigenvalue weighted by Crippen LogP contribution is -2.32. The van der Waals surface area contributed by atoms with Crippen molar-refractivity contribution < 1.29 is 13.5 Å². The first kappa shape index (κ1) is 15.1. The summed E-state index contributed by atoms with van der Waals surface area (Å²) >= 11 is 11.9. The van der Waals surface area contributed by atoms with Crippen LogP contribution in [-0.4, -0.2) is 19.6 Å². The van der Waals surface area contributed by atoms with Crippen LogP contribution in [0.15, 0.2) is 17.0 Å². The van der Waals surface area contributed by atoms with Crippen LogP contribution in [-0.2, 0) is 16.6 Å². The Bertz CT molecular complexity index is 569. The highest BCUT2D eigenvalue weighted by Crippen LogP contribution is 2.31. The lowest BCUT2D eigenvalue weighted by atomic mass is 10.2. The number of halogens is 2. The molecule has 4 nitrogen and oxygen atoms in total. The van der Waals surface area contributed by atoms with Crippen molar-refractivity contribution in [2.45, 2.75) is 43.2 Å². The molecule has 0 bridgehead atoms. The molecule has 0 amide bonds. The van der Waals surface area contributed by atoms with E-state index in [2.05, 4.69) is 4.72 Å². The van der Waals surface area contributed by atoms with Crippen molar-refractivity contribution in [3.63, 3.8) is 0 Å². The third-order valence-electron chi connectivity index (χ3n) is 3.28. The normalized spacial score (nSPS) is 17.0. The quantitative estimate of drug-likeness (QED) is 0.895. The third-order valence-corrected chi connectivity index (χ3v) is 5.74. The molecule has 0 spiro atoms. The fourth-order valence-corrected chi connectivity index (χ4v) is 4.46. The summed E-state index contributed by atoms with van der Waals surface area (Å²) in [7, 11) is -3.68. The van der Waals surface area contributed by atoms with Crippen molar-refractivity contribution in [2.75, 3.05) is 0 Å². The molecule has 7 heteroatoms. The second kappa shape index (κ2) is 5.97. The number of hydrogen-bond donors (Lipinski definition) is 2. The van der Waals surface area contributed by atoms with Gasteiger partial charge in [-0.3, -0.25) is 0 Å². The molecule has 1 aromatic rings. The highest BCUT2D eigenvalue weighted by molar-refractivity contribution is 7.89. The zero-order valence-electron chi connectivity index (χ0n) is 10.2. The standard InChI is InChI=1S/C12H15Cl2NO3S/c13-10-5-6-11(12(14)9(10)7-16)19(17,18)15-8-3-1-2-4-8/h5-6,8,15-16H,1-4,7H2. The van der Waals surface area contributed by atoms with Gasteiger partial charge in [-0.05, 0) is 25.0 Å². The lowest BCUT2D eigenvalue weighted by molar-refractivity contribution is 0.281. The van der Waals surface area contributed by atoms with Gasteiger partial charge in [0, 0.05) is 16.6 Å². The van der Waals surface area contributed by atoms with E-state index in [9.17, 15) is 13.5 Å². The number of rotatable bonds is 4. The fourth-order valence-electron chi connectivity index (χ4n) is 2.26. The van der Waals surface area contributed by atoms with Crippen LogP contribution in [0.2, 0.25) is 10.0 Å². The predicted octanol–water partition coefficient (Wildman–Crippen LogP) is 2.71. The Morgan fingerprint density at radius 1 is 1.26 bits per heavy atom. The molecule has 19 heavy (non-hydrogen) atoms. The molecular formula is C12H15Cl2NO3S. The van der Waals surface area contributed by atoms with Crippen molar-refractivity contribution >= 4 is 33.2 Å². The number of benzene rings is 1. The molecule has 0 saturated heterocycles. The molecule has 2 rings (SSSR count). The van der Waals surface area contributed by atoms with Gasteiger partial charge in [-0.1, -0.05) is 36.0 Å². The molecule has 0 aliphatic heterocycles. The smallest absolute Gasteiger partial charge is 0.242 e. The molecule has 0 heterocycles. The number of nitrogens with one attached hydrogen (secondary N) is 1. The molecule has 0 unspecified atom stereocenters. The maximum atomic E-state index is 12.3. The van der Waals surface area contributed by atoms with Crippen molar-refractivity contribution in [2.24, 2.45) is 0 Å². The summed E-state index contributed by atoms with van der Waals surface area (Å²) in [5.74, 6) is 0. The minimum absolute atomic E-state index is 0.0134. The molecule has 0 radical (unpaired) electrons. The van der Waals surface area contributed by atoms with E-state index < -0.39 is 16.6 Å². The molecule has 2 N–H and O–H groups in total. The van der Waals surface area contributed by atoms with Crippen LogP contribution in [0, 0.1) is 0 Å². The Labute approximate surface area is 122 Å². The second-order valence-electron chi connectivity index (χ2n) is 4.60. The average Bonchev–Trinajstić information content (AvgIpc) is 2.81. The third kappa shape index (κ3) is 3.23.